The number of aromatic nitrogens is 2. The third kappa shape index (κ3) is 7.47. The Morgan fingerprint density at radius 2 is 1.69 bits per heavy atom. The van der Waals surface area contributed by atoms with Gasteiger partial charge in [-0.1, -0.05) is 23.8 Å². The molecule has 137 valence electrons. The van der Waals surface area contributed by atoms with Gasteiger partial charge in [0.25, 0.3) is 0 Å². The Morgan fingerprint density at radius 3 is 2.15 bits per heavy atom. The second kappa shape index (κ2) is 12.6. The minimum absolute atomic E-state index is 0. The average molecular weight is 531 g/mol. The number of benzene rings is 1. The van der Waals surface area contributed by atoms with Crippen molar-refractivity contribution in [1.82, 2.24) is 9.97 Å². The maximum absolute atomic E-state index is 13.5. The van der Waals surface area contributed by atoms with Gasteiger partial charge in [-0.2, -0.15) is 0 Å². The van der Waals surface area contributed by atoms with E-state index in [2.05, 4.69) is 16.0 Å². The maximum atomic E-state index is 13.5. The molecule has 2 heterocycles. The predicted octanol–water partition coefficient (Wildman–Crippen LogP) is 4.07. The van der Waals surface area contributed by atoms with Crippen LogP contribution in [-0.2, 0) is 20.1 Å². The molecule has 0 amide bonds. The van der Waals surface area contributed by atoms with Crippen molar-refractivity contribution in [3.63, 3.8) is 0 Å². The van der Waals surface area contributed by atoms with E-state index >= 15 is 0 Å². The Kier molecular flexibility index (Phi) is 11.3. The van der Waals surface area contributed by atoms with Crippen LogP contribution in [0.5, 0.6) is 0 Å². The summed E-state index contributed by atoms with van der Waals surface area (Å²) in [5, 5.41) is 6.25. The monoisotopic (exact) mass is 531 g/mol. The number of halogens is 2. The van der Waals surface area contributed by atoms with Gasteiger partial charge in [0.05, 0.1) is 0 Å². The molecule has 1 aromatic carbocycles. The van der Waals surface area contributed by atoms with Crippen LogP contribution in [0, 0.1) is 29.5 Å². The first-order valence-electron chi connectivity index (χ1n) is 7.16. The molecular formula is C19H16F2IrN4-2. The first-order chi connectivity index (χ1) is 12.1. The van der Waals surface area contributed by atoms with Crippen LogP contribution in [0.3, 0.4) is 0 Å². The second-order valence-electron chi connectivity index (χ2n) is 4.86. The third-order valence-corrected chi connectivity index (χ3v) is 2.94. The Hall–Kier alpha value is -2.68. The quantitative estimate of drug-likeness (QED) is 0.469. The molecule has 1 radical (unpaired) electrons. The van der Waals surface area contributed by atoms with Crippen LogP contribution < -0.4 is 4.90 Å². The van der Waals surface area contributed by atoms with Crippen LogP contribution in [0.25, 0.3) is 11.3 Å². The molecule has 2 aromatic heterocycles. The molecule has 0 fully saturated rings. The first-order valence-corrected chi connectivity index (χ1v) is 7.16. The van der Waals surface area contributed by atoms with Crippen LogP contribution in [0.4, 0.5) is 14.5 Å². The van der Waals surface area contributed by atoms with E-state index in [0.717, 1.165) is 17.8 Å². The average Bonchev–Trinajstić information content (AvgIpc) is 2.65. The zero-order chi connectivity index (χ0) is 18.7. The molecule has 3 aromatic rings. The molecule has 0 aliphatic rings. The molecule has 0 saturated carbocycles. The fourth-order valence-electron chi connectivity index (χ4n) is 1.79. The summed E-state index contributed by atoms with van der Waals surface area (Å²) in [6, 6.07) is 13.7. The molecule has 0 saturated heterocycles. The van der Waals surface area contributed by atoms with Crippen molar-refractivity contribution in [1.29, 1.82) is 5.26 Å². The number of hydrogen-bond acceptors (Lipinski definition) is 4. The van der Waals surface area contributed by atoms with E-state index in [9.17, 15) is 8.78 Å². The minimum atomic E-state index is -0.659. The number of pyridine rings is 2. The summed E-state index contributed by atoms with van der Waals surface area (Å²) in [4.78, 5) is 9.73. The van der Waals surface area contributed by atoms with Gasteiger partial charge in [-0.05, 0) is 23.9 Å². The van der Waals surface area contributed by atoms with Crippen molar-refractivity contribution in [3.8, 4) is 11.3 Å². The van der Waals surface area contributed by atoms with Crippen LogP contribution in [-0.4, -0.2) is 24.1 Å². The van der Waals surface area contributed by atoms with Crippen LogP contribution in [0.15, 0.2) is 61.1 Å². The Bertz CT molecular complexity index is 769. The standard InChI is InChI=1S/C13H11F2N2.C5H5N.CN.Ir/c1-17(2)10-5-6-16-13(8-10)11-4-3-9(14)7-12(11)15;1-2-4-6-5-3-1;1-2;/h3,5-8H,1-2H3;1-5H;;/q-1;;-1;. The zero-order valence-corrected chi connectivity index (χ0v) is 16.5. The molecular weight excluding hydrogens is 514 g/mol. The summed E-state index contributed by atoms with van der Waals surface area (Å²) in [6.07, 6.45) is 5.08. The number of nitrogens with zero attached hydrogens (tertiary/aromatic N) is 4. The van der Waals surface area contributed by atoms with Crippen molar-refractivity contribution in [2.75, 3.05) is 19.0 Å². The van der Waals surface area contributed by atoms with E-state index in [-0.39, 0.29) is 25.7 Å². The Morgan fingerprint density at radius 1 is 1.04 bits per heavy atom. The van der Waals surface area contributed by atoms with E-state index in [1.165, 1.54) is 0 Å². The summed E-state index contributed by atoms with van der Waals surface area (Å²) in [6.45, 7) is 4.75. The molecule has 0 spiro atoms. The largest absolute Gasteiger partial charge is 0.512 e. The van der Waals surface area contributed by atoms with Crippen LogP contribution in [0.2, 0.25) is 0 Å². The zero-order valence-electron chi connectivity index (χ0n) is 14.2. The maximum Gasteiger partial charge on any atom is 0.0408 e. The van der Waals surface area contributed by atoms with Crippen molar-refractivity contribution < 1.29 is 28.9 Å². The summed E-state index contributed by atoms with van der Waals surface area (Å²) < 4.78 is 26.3. The van der Waals surface area contributed by atoms with Gasteiger partial charge in [-0.15, -0.1) is 12.1 Å². The topological polar surface area (TPSA) is 52.8 Å². The molecule has 0 atom stereocenters. The van der Waals surface area contributed by atoms with Gasteiger partial charge in [0.15, 0.2) is 0 Å². The molecule has 0 unspecified atom stereocenters. The summed E-state index contributed by atoms with van der Waals surface area (Å²) in [5.74, 6) is -1.30. The Labute approximate surface area is 165 Å². The van der Waals surface area contributed by atoms with Gasteiger partial charge in [-0.3, -0.25) is 13.8 Å². The van der Waals surface area contributed by atoms with Gasteiger partial charge in [0.2, 0.25) is 0 Å². The van der Waals surface area contributed by atoms with Crippen molar-refractivity contribution in [2.45, 2.75) is 0 Å². The van der Waals surface area contributed by atoms with Crippen molar-refractivity contribution >= 4 is 5.69 Å². The second-order valence-corrected chi connectivity index (χ2v) is 4.86. The molecule has 0 aliphatic carbocycles. The SMILES string of the molecule is CN(C)c1ccnc(-c2[c-]cc(F)cc2F)c1.[C-]#N.[Ir].c1ccncc1. The van der Waals surface area contributed by atoms with Gasteiger partial charge in [-0.25, -0.2) is 0 Å². The molecule has 0 bridgehead atoms. The minimum Gasteiger partial charge on any atom is -0.512 e. The molecule has 7 heteroatoms. The number of anilines is 1. The van der Waals surface area contributed by atoms with E-state index in [4.69, 9.17) is 11.8 Å². The van der Waals surface area contributed by atoms with E-state index in [0.29, 0.717) is 5.69 Å². The summed E-state index contributed by atoms with van der Waals surface area (Å²) >= 11 is 0. The Balaban J connectivity index is 0.000000585. The van der Waals surface area contributed by atoms with E-state index < -0.39 is 11.6 Å². The predicted molar refractivity (Wildman–Crippen MR) is 92.0 cm³/mol. The van der Waals surface area contributed by atoms with Gasteiger partial charge in [0, 0.05) is 70.1 Å². The molecule has 4 nitrogen and oxygen atoms in total. The first kappa shape index (κ1) is 23.3. The molecule has 0 aliphatic heterocycles. The van der Waals surface area contributed by atoms with Crippen molar-refractivity contribution in [3.05, 3.63) is 85.3 Å². The van der Waals surface area contributed by atoms with Gasteiger partial charge < -0.3 is 21.7 Å². The van der Waals surface area contributed by atoms with Gasteiger partial charge >= 0.3 is 0 Å². The normalized spacial score (nSPS) is 8.69. The molecule has 26 heavy (non-hydrogen) atoms. The van der Waals surface area contributed by atoms with Gasteiger partial charge in [0.1, 0.15) is 0 Å². The molecule has 3 rings (SSSR count). The third-order valence-electron chi connectivity index (χ3n) is 2.94. The fourth-order valence-corrected chi connectivity index (χ4v) is 1.79. The smallest absolute Gasteiger partial charge is 0.0408 e. The van der Waals surface area contributed by atoms with Crippen LogP contribution >= 0.6 is 0 Å². The fraction of sp³-hybridized carbons (Fsp3) is 0.105. The van der Waals surface area contributed by atoms with Crippen LogP contribution in [0.1, 0.15) is 0 Å². The summed E-state index contributed by atoms with van der Waals surface area (Å²) in [7, 11) is 3.76. The molecule has 0 N–H and O–H groups in total. The van der Waals surface area contributed by atoms with E-state index in [1.54, 1.807) is 24.7 Å². The number of rotatable bonds is 2. The summed E-state index contributed by atoms with van der Waals surface area (Å²) in [5.41, 5.74) is 1.51. The van der Waals surface area contributed by atoms with Crippen molar-refractivity contribution in [2.24, 2.45) is 0 Å². The number of hydrogen-bond donors (Lipinski definition) is 0. The van der Waals surface area contributed by atoms with E-state index in [1.807, 2.05) is 43.3 Å².